The van der Waals surface area contributed by atoms with Crippen molar-refractivity contribution in [1.82, 2.24) is 25.1 Å². The molecule has 0 atom stereocenters. The fourth-order valence-corrected chi connectivity index (χ4v) is 2.75. The number of rotatable bonds is 6. The van der Waals surface area contributed by atoms with E-state index in [1.165, 1.54) is 0 Å². The highest BCUT2D eigenvalue weighted by atomic mass is 16.6. The first-order chi connectivity index (χ1) is 12.7. The van der Waals surface area contributed by atoms with Crippen molar-refractivity contribution in [3.63, 3.8) is 0 Å². The Balaban J connectivity index is 1.49. The summed E-state index contributed by atoms with van der Waals surface area (Å²) in [7, 11) is 0. The average molecular weight is 357 g/mol. The van der Waals surface area contributed by atoms with E-state index in [0.717, 1.165) is 18.4 Å². The number of aromatic nitrogens is 4. The monoisotopic (exact) mass is 357 g/mol. The van der Waals surface area contributed by atoms with Crippen molar-refractivity contribution >= 4 is 17.9 Å². The zero-order chi connectivity index (χ0) is 18.2. The highest BCUT2D eigenvalue weighted by molar-refractivity contribution is 5.67. The molecule has 0 aliphatic carbocycles. The SMILES string of the molecule is CCOC(=O)N1CCC(Nc2nncc(NCc3ccncc3)n2)CC1. The number of likely N-dealkylation sites (tertiary alicyclic amines) is 1. The van der Waals surface area contributed by atoms with E-state index in [-0.39, 0.29) is 12.1 Å². The van der Waals surface area contributed by atoms with Crippen LogP contribution in [0.15, 0.2) is 30.7 Å². The summed E-state index contributed by atoms with van der Waals surface area (Å²) in [6.07, 6.45) is 6.49. The van der Waals surface area contributed by atoms with Crippen molar-refractivity contribution in [2.45, 2.75) is 32.4 Å². The van der Waals surface area contributed by atoms with Crippen molar-refractivity contribution in [1.29, 1.82) is 0 Å². The molecule has 1 amide bonds. The molecule has 1 fully saturated rings. The molecule has 3 rings (SSSR count). The van der Waals surface area contributed by atoms with Crippen LogP contribution in [0, 0.1) is 0 Å². The number of amides is 1. The minimum atomic E-state index is -0.244. The van der Waals surface area contributed by atoms with Gasteiger partial charge < -0.3 is 20.3 Å². The van der Waals surface area contributed by atoms with Crippen LogP contribution in [-0.4, -0.2) is 56.9 Å². The van der Waals surface area contributed by atoms with Gasteiger partial charge >= 0.3 is 6.09 Å². The van der Waals surface area contributed by atoms with Crippen molar-refractivity contribution in [3.05, 3.63) is 36.3 Å². The summed E-state index contributed by atoms with van der Waals surface area (Å²) in [5.74, 6) is 1.14. The van der Waals surface area contributed by atoms with E-state index < -0.39 is 0 Å². The van der Waals surface area contributed by atoms with Crippen LogP contribution in [-0.2, 0) is 11.3 Å². The van der Waals surface area contributed by atoms with E-state index in [1.54, 1.807) is 23.5 Å². The average Bonchev–Trinajstić information content (AvgIpc) is 2.68. The van der Waals surface area contributed by atoms with Gasteiger partial charge in [0.05, 0.1) is 12.8 Å². The Kier molecular flexibility index (Phi) is 6.13. The molecule has 2 aromatic rings. The minimum Gasteiger partial charge on any atom is -0.450 e. The van der Waals surface area contributed by atoms with E-state index >= 15 is 0 Å². The van der Waals surface area contributed by atoms with Crippen LogP contribution in [0.2, 0.25) is 0 Å². The number of hydrogen-bond acceptors (Lipinski definition) is 8. The number of carbonyl (C=O) groups is 1. The first-order valence-electron chi connectivity index (χ1n) is 8.75. The number of nitrogens with zero attached hydrogens (tertiary/aromatic N) is 5. The third-order valence-electron chi connectivity index (χ3n) is 4.14. The third-order valence-corrected chi connectivity index (χ3v) is 4.14. The van der Waals surface area contributed by atoms with Gasteiger partial charge in [0.25, 0.3) is 0 Å². The van der Waals surface area contributed by atoms with Crippen molar-refractivity contribution in [2.24, 2.45) is 0 Å². The lowest BCUT2D eigenvalue weighted by molar-refractivity contribution is 0.0983. The normalized spacial score (nSPS) is 14.7. The van der Waals surface area contributed by atoms with Crippen LogP contribution in [0.1, 0.15) is 25.3 Å². The molecular formula is C17H23N7O2. The van der Waals surface area contributed by atoms with E-state index in [2.05, 4.69) is 30.8 Å². The molecule has 1 aliphatic rings. The van der Waals surface area contributed by atoms with Crippen LogP contribution >= 0.6 is 0 Å². The lowest BCUT2D eigenvalue weighted by Gasteiger charge is -2.31. The lowest BCUT2D eigenvalue weighted by atomic mass is 10.1. The number of pyridine rings is 1. The molecule has 0 bridgehead atoms. The summed E-state index contributed by atoms with van der Waals surface area (Å²) in [5.41, 5.74) is 1.11. The largest absolute Gasteiger partial charge is 0.450 e. The van der Waals surface area contributed by atoms with Crippen LogP contribution < -0.4 is 10.6 Å². The molecule has 26 heavy (non-hydrogen) atoms. The van der Waals surface area contributed by atoms with Crippen LogP contribution in [0.5, 0.6) is 0 Å². The zero-order valence-electron chi connectivity index (χ0n) is 14.8. The Labute approximate surface area is 152 Å². The standard InChI is InChI=1S/C17H23N7O2/c1-2-26-17(25)24-9-5-14(6-10-24)21-16-22-15(12-20-23-16)19-11-13-3-7-18-8-4-13/h3-4,7-8,12,14H,2,5-6,9-11H2,1H3,(H2,19,21,22,23). The summed E-state index contributed by atoms with van der Waals surface area (Å²) in [6.45, 7) is 4.16. The smallest absolute Gasteiger partial charge is 0.409 e. The van der Waals surface area contributed by atoms with Gasteiger partial charge in [-0.15, -0.1) is 5.10 Å². The Morgan fingerprint density at radius 2 is 2.08 bits per heavy atom. The minimum absolute atomic E-state index is 0.206. The molecule has 2 aromatic heterocycles. The second-order valence-electron chi connectivity index (χ2n) is 5.98. The predicted octanol–water partition coefficient (Wildman–Crippen LogP) is 1.91. The number of ether oxygens (including phenoxy) is 1. The van der Waals surface area contributed by atoms with Crippen molar-refractivity contribution in [2.75, 3.05) is 30.3 Å². The van der Waals surface area contributed by atoms with Crippen LogP contribution in [0.25, 0.3) is 0 Å². The summed E-state index contributed by atoms with van der Waals surface area (Å²) in [5, 5.41) is 14.6. The number of nitrogens with one attached hydrogen (secondary N) is 2. The van der Waals surface area contributed by atoms with Gasteiger partial charge in [-0.2, -0.15) is 10.1 Å². The first kappa shape index (κ1) is 17.8. The molecule has 0 aromatic carbocycles. The van der Waals surface area contributed by atoms with Gasteiger partial charge in [0.15, 0.2) is 5.82 Å². The third kappa shape index (κ3) is 5.01. The summed E-state index contributed by atoms with van der Waals surface area (Å²) in [4.78, 5) is 21.9. The van der Waals surface area contributed by atoms with E-state index in [9.17, 15) is 4.79 Å². The van der Waals surface area contributed by atoms with Gasteiger partial charge in [-0.1, -0.05) is 0 Å². The molecule has 9 heteroatoms. The Morgan fingerprint density at radius 1 is 1.31 bits per heavy atom. The summed E-state index contributed by atoms with van der Waals surface area (Å²) >= 11 is 0. The Bertz CT molecular complexity index is 705. The molecule has 1 saturated heterocycles. The van der Waals surface area contributed by atoms with Crippen molar-refractivity contribution < 1.29 is 9.53 Å². The first-order valence-corrected chi connectivity index (χ1v) is 8.75. The zero-order valence-corrected chi connectivity index (χ0v) is 14.8. The number of piperidine rings is 1. The molecule has 0 radical (unpaired) electrons. The van der Waals surface area contributed by atoms with Gasteiger partial charge in [0.1, 0.15) is 0 Å². The number of anilines is 2. The molecule has 2 N–H and O–H groups in total. The van der Waals surface area contributed by atoms with Gasteiger partial charge in [-0.05, 0) is 37.5 Å². The van der Waals surface area contributed by atoms with Crippen molar-refractivity contribution in [3.8, 4) is 0 Å². The Morgan fingerprint density at radius 3 is 2.81 bits per heavy atom. The fourth-order valence-electron chi connectivity index (χ4n) is 2.75. The number of hydrogen-bond donors (Lipinski definition) is 2. The molecule has 0 unspecified atom stereocenters. The summed E-state index contributed by atoms with van der Waals surface area (Å²) < 4.78 is 5.03. The van der Waals surface area contributed by atoms with Gasteiger partial charge in [0, 0.05) is 38.1 Å². The van der Waals surface area contributed by atoms with Crippen LogP contribution in [0.3, 0.4) is 0 Å². The fraction of sp³-hybridized carbons (Fsp3) is 0.471. The quantitative estimate of drug-likeness (QED) is 0.808. The highest BCUT2D eigenvalue weighted by Gasteiger charge is 2.24. The highest BCUT2D eigenvalue weighted by Crippen LogP contribution is 2.15. The second-order valence-corrected chi connectivity index (χ2v) is 5.98. The molecule has 0 spiro atoms. The maximum atomic E-state index is 11.7. The molecular weight excluding hydrogens is 334 g/mol. The van der Waals surface area contributed by atoms with Gasteiger partial charge in [0.2, 0.25) is 5.95 Å². The maximum Gasteiger partial charge on any atom is 0.409 e. The molecule has 9 nitrogen and oxygen atoms in total. The molecule has 138 valence electrons. The lowest BCUT2D eigenvalue weighted by Crippen LogP contribution is -2.42. The topological polar surface area (TPSA) is 105 Å². The Hall–Kier alpha value is -2.97. The van der Waals surface area contributed by atoms with E-state index in [1.807, 2.05) is 19.1 Å². The summed E-state index contributed by atoms with van der Waals surface area (Å²) in [6, 6.07) is 4.09. The van der Waals surface area contributed by atoms with Gasteiger partial charge in [-0.3, -0.25) is 4.98 Å². The molecule has 3 heterocycles. The second kappa shape index (κ2) is 8.93. The maximum absolute atomic E-state index is 11.7. The van der Waals surface area contributed by atoms with Gasteiger partial charge in [-0.25, -0.2) is 4.79 Å². The predicted molar refractivity (Wildman–Crippen MR) is 96.6 cm³/mol. The molecule has 1 aliphatic heterocycles. The van der Waals surface area contributed by atoms with E-state index in [4.69, 9.17) is 4.74 Å². The number of carbonyl (C=O) groups excluding carboxylic acids is 1. The van der Waals surface area contributed by atoms with Crippen LogP contribution in [0.4, 0.5) is 16.6 Å². The molecule has 0 saturated carbocycles. The van der Waals surface area contributed by atoms with E-state index in [0.29, 0.717) is 38.0 Å².